The number of aromatic nitrogens is 3. The normalized spacial score (nSPS) is 12.1. The monoisotopic (exact) mass is 367 g/mol. The molecule has 0 aliphatic heterocycles. The molecule has 1 unspecified atom stereocenters. The minimum atomic E-state index is -1.20. The molecule has 7 heteroatoms. The van der Waals surface area contributed by atoms with Crippen molar-refractivity contribution in [2.45, 2.75) is 19.9 Å². The lowest BCUT2D eigenvalue weighted by molar-refractivity contribution is -0.163. The van der Waals surface area contributed by atoms with E-state index in [4.69, 9.17) is 9.47 Å². The second kappa shape index (κ2) is 8.44. The number of benzene rings is 2. The fourth-order valence-electron chi connectivity index (χ4n) is 3.04. The summed E-state index contributed by atoms with van der Waals surface area (Å²) >= 11 is 0. The van der Waals surface area contributed by atoms with E-state index in [0.717, 1.165) is 5.56 Å². The number of esters is 2. The Hall–Kier alpha value is -3.22. The van der Waals surface area contributed by atoms with Gasteiger partial charge in [0.25, 0.3) is 0 Å². The summed E-state index contributed by atoms with van der Waals surface area (Å²) in [6, 6.07) is 15.9. The molecule has 0 aliphatic rings. The van der Waals surface area contributed by atoms with Crippen LogP contribution in [-0.4, -0.2) is 40.1 Å². The van der Waals surface area contributed by atoms with E-state index in [1.165, 1.54) is 0 Å². The fraction of sp³-hybridized carbons (Fsp3) is 0.300. The number of nitrogens with zero attached hydrogens (tertiary/aromatic N) is 3. The quantitative estimate of drug-likeness (QED) is 0.472. The second-order valence-corrected chi connectivity index (χ2v) is 5.86. The highest BCUT2D eigenvalue weighted by atomic mass is 16.6. The highest BCUT2D eigenvalue weighted by molar-refractivity contribution is 5.96. The first kappa shape index (κ1) is 18.6. The zero-order valence-corrected chi connectivity index (χ0v) is 15.2. The molecule has 27 heavy (non-hydrogen) atoms. The van der Waals surface area contributed by atoms with Crippen molar-refractivity contribution >= 4 is 23.0 Å². The molecule has 140 valence electrons. The van der Waals surface area contributed by atoms with Crippen molar-refractivity contribution in [3.63, 3.8) is 0 Å². The number of hydrogen-bond donors (Lipinski definition) is 0. The number of carbonyl (C=O) groups is 2. The molecule has 0 saturated heterocycles. The Labute approximate surface area is 156 Å². The van der Waals surface area contributed by atoms with Gasteiger partial charge in [0.15, 0.2) is 5.92 Å². The van der Waals surface area contributed by atoms with Gasteiger partial charge in [-0.25, -0.2) is 4.68 Å². The molecule has 3 rings (SSSR count). The minimum absolute atomic E-state index is 0.161. The van der Waals surface area contributed by atoms with E-state index in [0.29, 0.717) is 11.0 Å². The second-order valence-electron chi connectivity index (χ2n) is 5.86. The molecule has 1 heterocycles. The third-order valence-electron chi connectivity index (χ3n) is 4.18. The van der Waals surface area contributed by atoms with Crippen LogP contribution in [-0.2, 0) is 19.1 Å². The van der Waals surface area contributed by atoms with Crippen LogP contribution in [0, 0.1) is 5.92 Å². The first-order valence-electron chi connectivity index (χ1n) is 8.85. The Kier molecular flexibility index (Phi) is 5.80. The molecule has 2 aromatic carbocycles. The molecule has 3 aromatic rings. The molecular formula is C20H21N3O4. The lowest BCUT2D eigenvalue weighted by Crippen LogP contribution is -2.37. The molecule has 0 spiro atoms. The summed E-state index contributed by atoms with van der Waals surface area (Å²) in [6.07, 6.45) is 0. The highest BCUT2D eigenvalue weighted by Crippen LogP contribution is 2.31. The van der Waals surface area contributed by atoms with Crippen LogP contribution in [0.4, 0.5) is 0 Å². The number of carbonyl (C=O) groups excluding carboxylic acids is 2. The SMILES string of the molecule is CCOC(=O)C(C(=O)OCC)C(c1ccccc1)n1nnc2ccccc21. The first-order chi connectivity index (χ1) is 13.2. The van der Waals surface area contributed by atoms with Gasteiger partial charge in [0.2, 0.25) is 0 Å². The maximum atomic E-state index is 12.7. The summed E-state index contributed by atoms with van der Waals surface area (Å²) < 4.78 is 12.0. The third kappa shape index (κ3) is 3.81. The number of rotatable bonds is 7. The van der Waals surface area contributed by atoms with Gasteiger partial charge in [-0.05, 0) is 31.5 Å². The van der Waals surface area contributed by atoms with Crippen molar-refractivity contribution in [2.24, 2.45) is 5.92 Å². The summed E-state index contributed by atoms with van der Waals surface area (Å²) in [7, 11) is 0. The van der Waals surface area contributed by atoms with Crippen LogP contribution in [0.2, 0.25) is 0 Å². The van der Waals surface area contributed by atoms with Gasteiger partial charge < -0.3 is 9.47 Å². The molecule has 0 saturated carbocycles. The van der Waals surface area contributed by atoms with E-state index in [-0.39, 0.29) is 13.2 Å². The van der Waals surface area contributed by atoms with E-state index in [2.05, 4.69) is 10.3 Å². The molecule has 0 amide bonds. The van der Waals surface area contributed by atoms with Crippen molar-refractivity contribution in [2.75, 3.05) is 13.2 Å². The smallest absolute Gasteiger partial charge is 0.322 e. The van der Waals surface area contributed by atoms with Crippen molar-refractivity contribution in [1.82, 2.24) is 15.0 Å². The summed E-state index contributed by atoms with van der Waals surface area (Å²) in [6.45, 7) is 3.72. The fourth-order valence-corrected chi connectivity index (χ4v) is 3.04. The Balaban J connectivity index is 2.18. The molecule has 1 aromatic heterocycles. The summed E-state index contributed by atoms with van der Waals surface area (Å²) in [5.41, 5.74) is 2.12. The van der Waals surface area contributed by atoms with Gasteiger partial charge in [-0.3, -0.25) is 9.59 Å². The van der Waals surface area contributed by atoms with E-state index < -0.39 is 23.9 Å². The van der Waals surface area contributed by atoms with Crippen LogP contribution in [0.5, 0.6) is 0 Å². The van der Waals surface area contributed by atoms with Gasteiger partial charge in [-0.2, -0.15) is 0 Å². The van der Waals surface area contributed by atoms with Gasteiger partial charge in [0.05, 0.1) is 18.7 Å². The van der Waals surface area contributed by atoms with Crippen molar-refractivity contribution in [3.8, 4) is 0 Å². The maximum absolute atomic E-state index is 12.7. The standard InChI is InChI=1S/C20H21N3O4/c1-3-26-19(24)17(20(25)27-4-2)18(14-10-6-5-7-11-14)23-16-13-9-8-12-15(16)21-22-23/h5-13,17-18H,3-4H2,1-2H3. The number of ether oxygens (including phenoxy) is 2. The minimum Gasteiger partial charge on any atom is -0.465 e. The largest absolute Gasteiger partial charge is 0.465 e. The van der Waals surface area contributed by atoms with Gasteiger partial charge >= 0.3 is 11.9 Å². The molecule has 0 N–H and O–H groups in total. The highest BCUT2D eigenvalue weighted by Gasteiger charge is 2.41. The van der Waals surface area contributed by atoms with Crippen LogP contribution in [0.1, 0.15) is 25.5 Å². The van der Waals surface area contributed by atoms with E-state index in [9.17, 15) is 9.59 Å². The van der Waals surface area contributed by atoms with E-state index >= 15 is 0 Å². The average molecular weight is 367 g/mol. The summed E-state index contributed by atoms with van der Waals surface area (Å²) in [4.78, 5) is 25.4. The van der Waals surface area contributed by atoms with Crippen LogP contribution in [0.25, 0.3) is 11.0 Å². The molecule has 1 atom stereocenters. The molecule has 7 nitrogen and oxygen atoms in total. The Morgan fingerprint density at radius 1 is 0.926 bits per heavy atom. The Morgan fingerprint density at radius 3 is 2.15 bits per heavy atom. The van der Waals surface area contributed by atoms with Crippen LogP contribution >= 0.6 is 0 Å². The van der Waals surface area contributed by atoms with Gasteiger partial charge in [0, 0.05) is 0 Å². The van der Waals surface area contributed by atoms with Crippen molar-refractivity contribution < 1.29 is 19.1 Å². The lowest BCUT2D eigenvalue weighted by atomic mass is 9.92. The third-order valence-corrected chi connectivity index (χ3v) is 4.18. The molecule has 0 bridgehead atoms. The van der Waals surface area contributed by atoms with Crippen molar-refractivity contribution in [1.29, 1.82) is 0 Å². The molecular weight excluding hydrogens is 346 g/mol. The topological polar surface area (TPSA) is 83.3 Å². The predicted octanol–water partition coefficient (Wildman–Crippen LogP) is 2.76. The number of hydrogen-bond acceptors (Lipinski definition) is 6. The van der Waals surface area contributed by atoms with Crippen molar-refractivity contribution in [3.05, 3.63) is 60.2 Å². The van der Waals surface area contributed by atoms with E-state index in [1.807, 2.05) is 54.6 Å². The van der Waals surface area contributed by atoms with Crippen LogP contribution in [0.15, 0.2) is 54.6 Å². The van der Waals surface area contributed by atoms with Gasteiger partial charge in [0.1, 0.15) is 11.6 Å². The van der Waals surface area contributed by atoms with Gasteiger partial charge in [-0.15, -0.1) is 5.10 Å². The first-order valence-corrected chi connectivity index (χ1v) is 8.85. The maximum Gasteiger partial charge on any atom is 0.322 e. The van der Waals surface area contributed by atoms with Gasteiger partial charge in [-0.1, -0.05) is 47.7 Å². The Bertz CT molecular complexity index is 905. The lowest BCUT2D eigenvalue weighted by Gasteiger charge is -2.25. The number of para-hydroxylation sites is 1. The number of fused-ring (bicyclic) bond motifs is 1. The van der Waals surface area contributed by atoms with Crippen LogP contribution < -0.4 is 0 Å². The summed E-state index contributed by atoms with van der Waals surface area (Å²) in [5, 5.41) is 8.40. The Morgan fingerprint density at radius 2 is 1.52 bits per heavy atom. The predicted molar refractivity (Wildman–Crippen MR) is 98.9 cm³/mol. The zero-order chi connectivity index (χ0) is 19.2. The molecule has 0 radical (unpaired) electrons. The molecule has 0 fully saturated rings. The van der Waals surface area contributed by atoms with E-state index in [1.54, 1.807) is 18.5 Å². The summed E-state index contributed by atoms with van der Waals surface area (Å²) in [5.74, 6) is -2.49. The molecule has 0 aliphatic carbocycles. The average Bonchev–Trinajstić information content (AvgIpc) is 3.10. The van der Waals surface area contributed by atoms with Crippen LogP contribution in [0.3, 0.4) is 0 Å². The zero-order valence-electron chi connectivity index (χ0n) is 15.2.